The number of hydrogen-bond donors (Lipinski definition) is 1. The molecule has 1 aromatic heterocycles. The molecule has 3 unspecified atom stereocenters. The Bertz CT molecular complexity index is 1200. The van der Waals surface area contributed by atoms with E-state index in [1.165, 1.54) is 0 Å². The van der Waals surface area contributed by atoms with Crippen molar-refractivity contribution in [2.24, 2.45) is 0 Å². The number of nitrogens with zero attached hydrogens (tertiary/aromatic N) is 1. The molecule has 4 rings (SSSR count). The van der Waals surface area contributed by atoms with Crippen molar-refractivity contribution in [3.63, 3.8) is 0 Å². The van der Waals surface area contributed by atoms with E-state index in [1.54, 1.807) is 30.5 Å². The van der Waals surface area contributed by atoms with Gasteiger partial charge in [-0.05, 0) is 49.4 Å². The van der Waals surface area contributed by atoms with Crippen LogP contribution in [0.3, 0.4) is 0 Å². The second kappa shape index (κ2) is 10.9. The van der Waals surface area contributed by atoms with Gasteiger partial charge in [-0.25, -0.2) is 0 Å². The maximum Gasteiger partial charge on any atom is 0.313 e. The summed E-state index contributed by atoms with van der Waals surface area (Å²) in [5.41, 5.74) is 2.25. The number of nitrogens with one attached hydrogen (secondary N) is 1. The zero-order valence-electron chi connectivity index (χ0n) is 20.1. The molecule has 180 valence electrons. The Balaban J connectivity index is 1.59. The Morgan fingerprint density at radius 3 is 2.54 bits per heavy atom. The first-order chi connectivity index (χ1) is 17.0. The maximum atomic E-state index is 13.4. The molecule has 0 aliphatic heterocycles. The van der Waals surface area contributed by atoms with E-state index in [9.17, 15) is 9.59 Å². The quantitative estimate of drug-likeness (QED) is 0.274. The van der Waals surface area contributed by atoms with Gasteiger partial charge in [0.25, 0.3) is 0 Å². The summed E-state index contributed by atoms with van der Waals surface area (Å²) in [6, 6.07) is 20.3. The smallest absolute Gasteiger partial charge is 0.313 e. The molecule has 1 N–H and O–H groups in total. The second-order valence-corrected chi connectivity index (χ2v) is 9.41. The highest BCUT2D eigenvalue weighted by Gasteiger charge is 2.48. The SMILES string of the molecule is CNC(=S)C1(c2cccnc2)CCCCC1OC(=O)C(C)c1cccc(C(=O)c2ccccc2)c1. The fourth-order valence-corrected chi connectivity index (χ4v) is 5.31. The monoisotopic (exact) mass is 486 g/mol. The molecule has 6 heteroatoms. The van der Waals surface area contributed by atoms with Crippen LogP contribution in [0.2, 0.25) is 0 Å². The van der Waals surface area contributed by atoms with Gasteiger partial charge in [-0.1, -0.05) is 73.2 Å². The van der Waals surface area contributed by atoms with Crippen molar-refractivity contribution >= 4 is 29.0 Å². The lowest BCUT2D eigenvalue weighted by atomic mass is 9.67. The Morgan fingerprint density at radius 2 is 1.83 bits per heavy atom. The number of rotatable bonds is 7. The summed E-state index contributed by atoms with van der Waals surface area (Å²) in [6.07, 6.45) is 6.61. The maximum absolute atomic E-state index is 13.4. The van der Waals surface area contributed by atoms with Gasteiger partial charge in [-0.3, -0.25) is 14.6 Å². The van der Waals surface area contributed by atoms with E-state index in [1.807, 2.05) is 62.6 Å². The van der Waals surface area contributed by atoms with Crippen molar-refractivity contribution in [1.82, 2.24) is 10.3 Å². The molecule has 3 atom stereocenters. The van der Waals surface area contributed by atoms with E-state index in [2.05, 4.69) is 10.3 Å². The van der Waals surface area contributed by atoms with Crippen molar-refractivity contribution < 1.29 is 14.3 Å². The van der Waals surface area contributed by atoms with E-state index in [0.717, 1.165) is 36.8 Å². The number of thiocarbonyl (C=S) groups is 1. The van der Waals surface area contributed by atoms with Crippen LogP contribution in [0.15, 0.2) is 79.1 Å². The largest absolute Gasteiger partial charge is 0.461 e. The van der Waals surface area contributed by atoms with Crippen LogP contribution >= 0.6 is 12.2 Å². The standard InChI is InChI=1S/C29H30N2O3S/c1-20(22-12-8-13-23(18-22)26(32)21-10-4-3-5-11-21)27(33)34-25-15-6-7-16-29(25,28(35)30-2)24-14-9-17-31-19-24/h3-5,8-14,17-20,25H,6-7,15-16H2,1-2H3,(H,30,35). The third-order valence-electron chi connectivity index (χ3n) is 6.94. The fourth-order valence-electron chi connectivity index (χ4n) is 4.96. The van der Waals surface area contributed by atoms with Gasteiger partial charge in [0.15, 0.2) is 5.78 Å². The highest BCUT2D eigenvalue weighted by atomic mass is 32.1. The number of likely N-dealkylation sites (N-methyl/N-ethyl adjacent to an activating group) is 1. The van der Waals surface area contributed by atoms with Crippen LogP contribution < -0.4 is 5.32 Å². The third kappa shape index (κ3) is 5.03. The molecule has 0 bridgehead atoms. The van der Waals surface area contributed by atoms with Gasteiger partial charge in [0.2, 0.25) is 0 Å². The molecule has 0 amide bonds. The Morgan fingerprint density at radius 1 is 1.06 bits per heavy atom. The first-order valence-corrected chi connectivity index (χ1v) is 12.4. The zero-order chi connectivity index (χ0) is 24.8. The van der Waals surface area contributed by atoms with Crippen molar-refractivity contribution in [3.8, 4) is 0 Å². The first kappa shape index (κ1) is 24.7. The fraction of sp³-hybridized carbons (Fsp3) is 0.310. The molecule has 3 aromatic rings. The Kier molecular flexibility index (Phi) is 7.71. The van der Waals surface area contributed by atoms with Gasteiger partial charge in [0, 0.05) is 30.6 Å². The number of benzene rings is 2. The summed E-state index contributed by atoms with van der Waals surface area (Å²) >= 11 is 5.78. The summed E-state index contributed by atoms with van der Waals surface area (Å²) in [6.45, 7) is 1.82. The van der Waals surface area contributed by atoms with Crippen LogP contribution in [0.25, 0.3) is 0 Å². The number of carbonyl (C=O) groups is 2. The number of hydrogen-bond acceptors (Lipinski definition) is 5. The minimum absolute atomic E-state index is 0.0738. The summed E-state index contributed by atoms with van der Waals surface area (Å²) < 4.78 is 6.21. The average Bonchev–Trinajstić information content (AvgIpc) is 2.93. The van der Waals surface area contributed by atoms with Gasteiger partial charge in [-0.2, -0.15) is 0 Å². The van der Waals surface area contributed by atoms with Gasteiger partial charge in [0.05, 0.1) is 16.3 Å². The van der Waals surface area contributed by atoms with Gasteiger partial charge in [0.1, 0.15) is 6.10 Å². The number of pyridine rings is 1. The third-order valence-corrected chi connectivity index (χ3v) is 7.51. The number of esters is 1. The molecule has 2 aromatic carbocycles. The lowest BCUT2D eigenvalue weighted by Gasteiger charge is -2.44. The van der Waals surface area contributed by atoms with E-state index in [4.69, 9.17) is 17.0 Å². The lowest BCUT2D eigenvalue weighted by molar-refractivity contribution is -0.154. The van der Waals surface area contributed by atoms with Crippen molar-refractivity contribution in [2.75, 3.05) is 7.05 Å². The highest BCUT2D eigenvalue weighted by Crippen LogP contribution is 2.42. The van der Waals surface area contributed by atoms with Gasteiger partial charge >= 0.3 is 5.97 Å². The minimum Gasteiger partial charge on any atom is -0.461 e. The molecule has 35 heavy (non-hydrogen) atoms. The first-order valence-electron chi connectivity index (χ1n) is 12.0. The molecule has 0 radical (unpaired) electrons. The minimum atomic E-state index is -0.614. The Labute approximate surface area is 211 Å². The molecule has 0 spiro atoms. The molecule has 1 fully saturated rings. The Hall–Kier alpha value is -3.38. The van der Waals surface area contributed by atoms with Crippen molar-refractivity contribution in [1.29, 1.82) is 0 Å². The molecular formula is C29H30N2O3S. The number of ether oxygens (including phenoxy) is 1. The van der Waals surface area contributed by atoms with Gasteiger partial charge in [-0.15, -0.1) is 0 Å². The summed E-state index contributed by atoms with van der Waals surface area (Å²) in [4.78, 5) is 31.3. The van der Waals surface area contributed by atoms with Crippen LogP contribution in [0.4, 0.5) is 0 Å². The summed E-state index contributed by atoms with van der Waals surface area (Å²) in [5, 5.41) is 3.15. The molecule has 5 nitrogen and oxygen atoms in total. The van der Waals surface area contributed by atoms with Crippen molar-refractivity contribution in [2.45, 2.75) is 50.0 Å². The second-order valence-electron chi connectivity index (χ2n) is 9.01. The van der Waals surface area contributed by atoms with E-state index in [0.29, 0.717) is 16.1 Å². The van der Waals surface area contributed by atoms with Crippen LogP contribution in [0.1, 0.15) is 65.6 Å². The van der Waals surface area contributed by atoms with E-state index >= 15 is 0 Å². The zero-order valence-corrected chi connectivity index (χ0v) is 20.9. The average molecular weight is 487 g/mol. The molecule has 1 aliphatic rings. The topological polar surface area (TPSA) is 68.3 Å². The predicted octanol–water partition coefficient (Wildman–Crippen LogP) is 5.39. The summed E-state index contributed by atoms with van der Waals surface area (Å²) in [7, 11) is 1.81. The molecular weight excluding hydrogens is 456 g/mol. The summed E-state index contributed by atoms with van der Waals surface area (Å²) in [5.74, 6) is -0.932. The predicted molar refractivity (Wildman–Crippen MR) is 141 cm³/mol. The van der Waals surface area contributed by atoms with Crippen LogP contribution in [0, 0.1) is 0 Å². The lowest BCUT2D eigenvalue weighted by Crippen LogP contribution is -2.54. The van der Waals surface area contributed by atoms with Gasteiger partial charge < -0.3 is 10.1 Å². The molecule has 1 heterocycles. The molecule has 1 aliphatic carbocycles. The van der Waals surface area contributed by atoms with E-state index in [-0.39, 0.29) is 11.8 Å². The highest BCUT2D eigenvalue weighted by molar-refractivity contribution is 7.80. The van der Waals surface area contributed by atoms with Crippen LogP contribution in [-0.2, 0) is 14.9 Å². The van der Waals surface area contributed by atoms with Crippen LogP contribution in [0.5, 0.6) is 0 Å². The number of ketones is 1. The number of carbonyl (C=O) groups excluding carboxylic acids is 2. The number of aromatic nitrogens is 1. The van der Waals surface area contributed by atoms with Crippen molar-refractivity contribution in [3.05, 3.63) is 101 Å². The molecule has 1 saturated carbocycles. The van der Waals surface area contributed by atoms with Crippen LogP contribution in [-0.4, -0.2) is 34.9 Å². The normalized spacial score (nSPS) is 20.5. The van der Waals surface area contributed by atoms with E-state index < -0.39 is 17.4 Å². The molecule has 0 saturated heterocycles.